The van der Waals surface area contributed by atoms with Crippen LogP contribution in [0.2, 0.25) is 0 Å². The number of thiophene rings is 1. The Labute approximate surface area is 145 Å². The Kier molecular flexibility index (Phi) is 5.89. The van der Waals surface area contributed by atoms with Gasteiger partial charge in [-0.1, -0.05) is 12.1 Å². The molecule has 1 aromatic heterocycles. The molecule has 0 aliphatic carbocycles. The molecule has 0 fully saturated rings. The molecule has 2 amide bonds. The maximum atomic E-state index is 11.9. The Morgan fingerprint density at radius 2 is 1.96 bits per heavy atom. The summed E-state index contributed by atoms with van der Waals surface area (Å²) in [6.07, 6.45) is 3.09. The van der Waals surface area contributed by atoms with Crippen molar-refractivity contribution in [2.75, 3.05) is 11.9 Å². The van der Waals surface area contributed by atoms with Crippen LogP contribution in [-0.2, 0) is 15.2 Å². The third kappa shape index (κ3) is 5.33. The van der Waals surface area contributed by atoms with Crippen molar-refractivity contribution in [2.45, 2.75) is 19.4 Å². The fraction of sp³-hybridized carbons (Fsp3) is 0.222. The molecule has 3 N–H and O–H groups in total. The Morgan fingerprint density at radius 3 is 2.54 bits per heavy atom. The van der Waals surface area contributed by atoms with Gasteiger partial charge in [0.05, 0.1) is 6.54 Å². The zero-order valence-corrected chi connectivity index (χ0v) is 14.4. The van der Waals surface area contributed by atoms with E-state index in [1.807, 2.05) is 16.8 Å². The molecule has 0 aliphatic heterocycles. The van der Waals surface area contributed by atoms with Crippen LogP contribution in [0.3, 0.4) is 0 Å². The molecule has 0 bridgehead atoms. The van der Waals surface area contributed by atoms with Gasteiger partial charge in [0, 0.05) is 18.7 Å². The second-order valence-electron chi connectivity index (χ2n) is 5.64. The molecule has 1 unspecified atom stereocenters. The second-order valence-corrected chi connectivity index (χ2v) is 6.42. The lowest BCUT2D eigenvalue weighted by atomic mass is 9.99. The lowest BCUT2D eigenvalue weighted by molar-refractivity contribution is -0.117. The van der Waals surface area contributed by atoms with E-state index in [0.29, 0.717) is 5.69 Å². The number of rotatable bonds is 6. The monoisotopic (exact) mass is 344 g/mol. The van der Waals surface area contributed by atoms with Crippen LogP contribution < -0.4 is 10.6 Å². The number of anilines is 1. The van der Waals surface area contributed by atoms with E-state index >= 15 is 0 Å². The summed E-state index contributed by atoms with van der Waals surface area (Å²) in [6, 6.07) is 8.97. The number of nitrogens with one attached hydrogen (secondary N) is 2. The van der Waals surface area contributed by atoms with Crippen LogP contribution in [-0.4, -0.2) is 23.5 Å². The maximum absolute atomic E-state index is 11.9. The molecule has 0 radical (unpaired) electrons. The number of aliphatic hydroxyl groups is 1. The van der Waals surface area contributed by atoms with Gasteiger partial charge in [-0.25, -0.2) is 0 Å². The second kappa shape index (κ2) is 7.90. The summed E-state index contributed by atoms with van der Waals surface area (Å²) in [4.78, 5) is 22.8. The fourth-order valence-corrected chi connectivity index (χ4v) is 2.83. The summed E-state index contributed by atoms with van der Waals surface area (Å²) < 4.78 is 0. The molecule has 126 valence electrons. The maximum Gasteiger partial charge on any atom is 0.244 e. The summed E-state index contributed by atoms with van der Waals surface area (Å²) in [5.41, 5.74) is 1.23. The number of benzene rings is 1. The van der Waals surface area contributed by atoms with Gasteiger partial charge < -0.3 is 15.7 Å². The van der Waals surface area contributed by atoms with E-state index in [1.165, 1.54) is 24.3 Å². The van der Waals surface area contributed by atoms with Crippen molar-refractivity contribution in [3.05, 3.63) is 58.3 Å². The van der Waals surface area contributed by atoms with Crippen LogP contribution in [0.25, 0.3) is 6.08 Å². The van der Waals surface area contributed by atoms with Gasteiger partial charge in [0.25, 0.3) is 0 Å². The molecule has 1 atom stereocenters. The number of amides is 2. The summed E-state index contributed by atoms with van der Waals surface area (Å²) >= 11 is 1.50. The quantitative estimate of drug-likeness (QED) is 0.705. The van der Waals surface area contributed by atoms with E-state index in [4.69, 9.17) is 0 Å². The van der Waals surface area contributed by atoms with Crippen molar-refractivity contribution in [2.24, 2.45) is 0 Å². The summed E-state index contributed by atoms with van der Waals surface area (Å²) in [5, 5.41) is 19.5. The van der Waals surface area contributed by atoms with E-state index < -0.39 is 5.60 Å². The first kappa shape index (κ1) is 17.9. The first-order valence-corrected chi connectivity index (χ1v) is 8.40. The van der Waals surface area contributed by atoms with E-state index in [9.17, 15) is 14.7 Å². The highest BCUT2D eigenvalue weighted by Gasteiger charge is 2.23. The van der Waals surface area contributed by atoms with Crippen LogP contribution in [0.4, 0.5) is 5.69 Å². The zero-order chi connectivity index (χ0) is 17.6. The molecule has 0 aliphatic rings. The standard InChI is InChI=1S/C18H20N2O3S/c1-13(21)20-16-6-3-14(4-7-16)5-8-17(22)19-12-18(2,23)15-9-10-24-11-15/h3-11,23H,12H2,1-2H3,(H,19,22)(H,20,21)/b8-5+. The molecule has 24 heavy (non-hydrogen) atoms. The minimum atomic E-state index is -1.09. The van der Waals surface area contributed by atoms with E-state index in [1.54, 1.807) is 37.3 Å². The van der Waals surface area contributed by atoms with Crippen LogP contribution in [0.1, 0.15) is 25.0 Å². The Morgan fingerprint density at radius 1 is 1.25 bits per heavy atom. The predicted molar refractivity (Wildman–Crippen MR) is 96.7 cm³/mol. The van der Waals surface area contributed by atoms with Crippen molar-refractivity contribution in [3.63, 3.8) is 0 Å². The summed E-state index contributed by atoms with van der Waals surface area (Å²) in [6.45, 7) is 3.25. The smallest absolute Gasteiger partial charge is 0.244 e. The van der Waals surface area contributed by atoms with Gasteiger partial charge in [0.1, 0.15) is 5.60 Å². The molecular formula is C18H20N2O3S. The van der Waals surface area contributed by atoms with E-state index in [0.717, 1.165) is 11.1 Å². The molecule has 1 heterocycles. The van der Waals surface area contributed by atoms with Gasteiger partial charge in [-0.3, -0.25) is 9.59 Å². The van der Waals surface area contributed by atoms with Crippen LogP contribution >= 0.6 is 11.3 Å². The molecule has 0 saturated heterocycles. The molecule has 1 aromatic carbocycles. The summed E-state index contributed by atoms with van der Waals surface area (Å²) in [5.74, 6) is -0.410. The molecule has 0 spiro atoms. The molecule has 6 heteroatoms. The Hall–Kier alpha value is -2.44. The number of carbonyl (C=O) groups is 2. The third-order valence-electron chi connectivity index (χ3n) is 3.41. The van der Waals surface area contributed by atoms with Gasteiger partial charge in [-0.05, 0) is 53.1 Å². The van der Waals surface area contributed by atoms with Gasteiger partial charge in [0.2, 0.25) is 11.8 Å². The van der Waals surface area contributed by atoms with Crippen LogP contribution in [0.15, 0.2) is 47.2 Å². The van der Waals surface area contributed by atoms with E-state index in [-0.39, 0.29) is 18.4 Å². The first-order chi connectivity index (χ1) is 11.4. The number of hydrogen-bond donors (Lipinski definition) is 3. The van der Waals surface area contributed by atoms with Gasteiger partial charge in [-0.2, -0.15) is 11.3 Å². The highest BCUT2D eigenvalue weighted by molar-refractivity contribution is 7.08. The average molecular weight is 344 g/mol. The topological polar surface area (TPSA) is 78.4 Å². The summed E-state index contributed by atoms with van der Waals surface area (Å²) in [7, 11) is 0. The van der Waals surface area contributed by atoms with Gasteiger partial charge in [-0.15, -0.1) is 0 Å². The van der Waals surface area contributed by atoms with Crippen LogP contribution in [0, 0.1) is 0 Å². The van der Waals surface area contributed by atoms with Crippen molar-refractivity contribution in [1.29, 1.82) is 0 Å². The van der Waals surface area contributed by atoms with Gasteiger partial charge >= 0.3 is 0 Å². The fourth-order valence-electron chi connectivity index (χ4n) is 2.04. The Bertz CT molecular complexity index is 719. The Balaban J connectivity index is 1.87. The normalized spacial score (nSPS) is 13.5. The van der Waals surface area contributed by atoms with Crippen molar-refractivity contribution in [3.8, 4) is 0 Å². The molecular weight excluding hydrogens is 324 g/mol. The molecule has 2 rings (SSSR count). The highest BCUT2D eigenvalue weighted by atomic mass is 32.1. The third-order valence-corrected chi connectivity index (χ3v) is 4.09. The van der Waals surface area contributed by atoms with E-state index in [2.05, 4.69) is 10.6 Å². The SMILES string of the molecule is CC(=O)Nc1ccc(/C=C/C(=O)NCC(C)(O)c2ccsc2)cc1. The van der Waals surface area contributed by atoms with Crippen LogP contribution in [0.5, 0.6) is 0 Å². The number of carbonyl (C=O) groups excluding carboxylic acids is 2. The molecule has 0 saturated carbocycles. The zero-order valence-electron chi connectivity index (χ0n) is 13.6. The molecule has 5 nitrogen and oxygen atoms in total. The average Bonchev–Trinajstić information content (AvgIpc) is 3.07. The highest BCUT2D eigenvalue weighted by Crippen LogP contribution is 2.22. The number of hydrogen-bond acceptors (Lipinski definition) is 4. The minimum absolute atomic E-state index is 0.129. The predicted octanol–water partition coefficient (Wildman–Crippen LogP) is 2.74. The molecule has 2 aromatic rings. The lowest BCUT2D eigenvalue weighted by Gasteiger charge is -2.22. The van der Waals surface area contributed by atoms with Crippen molar-refractivity contribution < 1.29 is 14.7 Å². The first-order valence-electron chi connectivity index (χ1n) is 7.45. The largest absolute Gasteiger partial charge is 0.384 e. The van der Waals surface area contributed by atoms with Crippen molar-refractivity contribution in [1.82, 2.24) is 5.32 Å². The van der Waals surface area contributed by atoms with Crippen molar-refractivity contribution >= 4 is 34.9 Å². The minimum Gasteiger partial charge on any atom is -0.384 e. The lowest BCUT2D eigenvalue weighted by Crippen LogP contribution is -2.37. The van der Waals surface area contributed by atoms with Gasteiger partial charge in [0.15, 0.2) is 0 Å².